The minimum absolute atomic E-state index is 0.156. The van der Waals surface area contributed by atoms with E-state index in [2.05, 4.69) is 10.3 Å². The minimum atomic E-state index is -0.156. The first-order valence-corrected chi connectivity index (χ1v) is 10.1. The first kappa shape index (κ1) is 18.9. The number of para-hydroxylation sites is 2. The molecule has 1 aliphatic rings. The van der Waals surface area contributed by atoms with Crippen LogP contribution in [0.3, 0.4) is 0 Å². The Kier molecular flexibility index (Phi) is 4.87. The van der Waals surface area contributed by atoms with Crippen molar-refractivity contribution in [1.82, 2.24) is 25.0 Å². The Hall–Kier alpha value is -4.07. The molecule has 0 fully saturated rings. The third-order valence-corrected chi connectivity index (χ3v) is 5.22. The molecule has 1 amide bonds. The Bertz CT molecular complexity index is 1270. The van der Waals surface area contributed by atoms with Crippen molar-refractivity contribution < 1.29 is 4.79 Å². The van der Waals surface area contributed by atoms with Gasteiger partial charge in [0.1, 0.15) is 5.69 Å². The number of nitrogens with zero attached hydrogens (tertiary/aromatic N) is 7. The van der Waals surface area contributed by atoms with Crippen LogP contribution in [0, 0.1) is 0 Å². The van der Waals surface area contributed by atoms with E-state index >= 15 is 0 Å². The molecule has 0 N–H and O–H groups in total. The van der Waals surface area contributed by atoms with Crippen LogP contribution in [0.1, 0.15) is 11.3 Å². The molecule has 0 atom stereocenters. The van der Waals surface area contributed by atoms with Crippen LogP contribution in [0.15, 0.2) is 66.9 Å². The lowest BCUT2D eigenvalue weighted by Crippen LogP contribution is -2.43. The van der Waals surface area contributed by atoms with E-state index in [1.165, 1.54) is 6.08 Å². The summed E-state index contributed by atoms with van der Waals surface area (Å²) in [5, 5.41) is 8.29. The number of likely N-dealkylation sites (N-methyl/N-ethyl adjacent to an activating group) is 1. The third kappa shape index (κ3) is 3.87. The fraction of sp³-hybridized carbons (Fsp3) is 0.174. The van der Waals surface area contributed by atoms with Gasteiger partial charge in [-0.3, -0.25) is 9.69 Å². The molecule has 2 aromatic carbocycles. The van der Waals surface area contributed by atoms with Gasteiger partial charge in [-0.1, -0.05) is 47.7 Å². The fourth-order valence-electron chi connectivity index (χ4n) is 3.58. The summed E-state index contributed by atoms with van der Waals surface area (Å²) in [5.74, 6) is 1.13. The van der Waals surface area contributed by atoms with Crippen LogP contribution in [0.4, 0.5) is 11.6 Å². The summed E-state index contributed by atoms with van der Waals surface area (Å²) >= 11 is 0. The fourth-order valence-corrected chi connectivity index (χ4v) is 3.58. The van der Waals surface area contributed by atoms with Gasteiger partial charge < -0.3 is 4.90 Å². The molecule has 1 aliphatic heterocycles. The highest BCUT2D eigenvalue weighted by atomic mass is 16.2. The Morgan fingerprint density at radius 3 is 2.45 bits per heavy atom. The molecule has 4 aromatic rings. The molecule has 31 heavy (non-hydrogen) atoms. The minimum Gasteiger partial charge on any atom is -0.355 e. The number of hydrogen-bond acceptors (Lipinski definition) is 6. The second-order valence-corrected chi connectivity index (χ2v) is 7.43. The zero-order valence-electron chi connectivity index (χ0n) is 17.1. The predicted molar refractivity (Wildman–Crippen MR) is 120 cm³/mol. The quantitative estimate of drug-likeness (QED) is 0.481. The number of anilines is 2. The molecular formula is C23H21N7O. The summed E-state index contributed by atoms with van der Waals surface area (Å²) in [6.45, 7) is 1.86. The van der Waals surface area contributed by atoms with Crippen LogP contribution >= 0.6 is 0 Å². The van der Waals surface area contributed by atoms with Crippen LogP contribution in [0.25, 0.3) is 17.1 Å². The maximum atomic E-state index is 13.0. The zero-order chi connectivity index (χ0) is 21.2. The predicted octanol–water partition coefficient (Wildman–Crippen LogP) is 2.77. The van der Waals surface area contributed by atoms with Gasteiger partial charge in [0.25, 0.3) is 5.91 Å². The van der Waals surface area contributed by atoms with E-state index < -0.39 is 0 Å². The first-order chi connectivity index (χ1) is 15.2. The normalized spacial score (nSPS) is 13.7. The molecule has 0 bridgehead atoms. The summed E-state index contributed by atoms with van der Waals surface area (Å²) in [7, 11) is 1.96. The molecule has 154 valence electrons. The van der Waals surface area contributed by atoms with E-state index in [9.17, 15) is 4.79 Å². The van der Waals surface area contributed by atoms with E-state index in [1.54, 1.807) is 15.7 Å². The summed E-state index contributed by atoms with van der Waals surface area (Å²) in [6.07, 6.45) is 5.02. The standard InChI is InChI=1S/C23H21N7O/c1-28-13-14-30(23-22(28)24-19-9-5-6-10-20(19)25-23)21(31)12-11-18-16-29(27-26-18)15-17-7-3-2-4-8-17/h2-12,16H,13-15H2,1H3/b12-11+. The smallest absolute Gasteiger partial charge is 0.252 e. The lowest BCUT2D eigenvalue weighted by Gasteiger charge is -2.33. The van der Waals surface area contributed by atoms with Crippen LogP contribution < -0.4 is 9.80 Å². The third-order valence-electron chi connectivity index (χ3n) is 5.22. The monoisotopic (exact) mass is 411 g/mol. The van der Waals surface area contributed by atoms with Crippen molar-refractivity contribution in [2.75, 3.05) is 29.9 Å². The maximum absolute atomic E-state index is 13.0. The van der Waals surface area contributed by atoms with Crippen LogP contribution in [0.5, 0.6) is 0 Å². The highest BCUT2D eigenvalue weighted by Crippen LogP contribution is 2.30. The van der Waals surface area contributed by atoms with Crippen molar-refractivity contribution in [3.8, 4) is 0 Å². The second-order valence-electron chi connectivity index (χ2n) is 7.43. The second kappa shape index (κ2) is 7.98. The van der Waals surface area contributed by atoms with Crippen molar-refractivity contribution in [2.24, 2.45) is 0 Å². The molecule has 0 spiro atoms. The van der Waals surface area contributed by atoms with Crippen LogP contribution in [0.2, 0.25) is 0 Å². The Balaban J connectivity index is 1.36. The van der Waals surface area contributed by atoms with Crippen molar-refractivity contribution in [3.63, 3.8) is 0 Å². The van der Waals surface area contributed by atoms with E-state index in [0.717, 1.165) is 16.6 Å². The molecule has 0 aliphatic carbocycles. The van der Waals surface area contributed by atoms with Crippen molar-refractivity contribution in [1.29, 1.82) is 0 Å². The number of amides is 1. The number of benzene rings is 2. The Morgan fingerprint density at radius 1 is 0.968 bits per heavy atom. The van der Waals surface area contributed by atoms with Gasteiger partial charge in [0.05, 0.1) is 23.8 Å². The van der Waals surface area contributed by atoms with E-state index in [0.29, 0.717) is 37.0 Å². The molecule has 0 saturated heterocycles. The molecule has 0 unspecified atom stereocenters. The summed E-state index contributed by atoms with van der Waals surface area (Å²) in [5.41, 5.74) is 3.34. The first-order valence-electron chi connectivity index (χ1n) is 10.1. The molecule has 2 aromatic heterocycles. The number of carbonyl (C=O) groups excluding carboxylic acids is 1. The molecular weight excluding hydrogens is 390 g/mol. The van der Waals surface area contributed by atoms with Gasteiger partial charge in [0.15, 0.2) is 11.6 Å². The Labute approximate surface area is 179 Å². The lowest BCUT2D eigenvalue weighted by atomic mass is 10.2. The number of hydrogen-bond donors (Lipinski definition) is 0. The molecule has 3 heterocycles. The van der Waals surface area contributed by atoms with Gasteiger partial charge in [-0.05, 0) is 23.8 Å². The van der Waals surface area contributed by atoms with Crippen molar-refractivity contribution in [2.45, 2.75) is 6.54 Å². The molecule has 8 nitrogen and oxygen atoms in total. The summed E-state index contributed by atoms with van der Waals surface area (Å²) < 4.78 is 1.75. The molecule has 0 radical (unpaired) electrons. The molecule has 8 heteroatoms. The average molecular weight is 411 g/mol. The zero-order valence-corrected chi connectivity index (χ0v) is 17.1. The topological polar surface area (TPSA) is 80.0 Å². The number of aromatic nitrogens is 5. The summed E-state index contributed by atoms with van der Waals surface area (Å²) in [6, 6.07) is 17.7. The van der Waals surface area contributed by atoms with Crippen molar-refractivity contribution >= 4 is 34.7 Å². The van der Waals surface area contributed by atoms with E-state index in [4.69, 9.17) is 9.97 Å². The molecule has 5 rings (SSSR count). The Morgan fingerprint density at radius 2 is 1.68 bits per heavy atom. The highest BCUT2D eigenvalue weighted by Gasteiger charge is 2.27. The van der Waals surface area contributed by atoms with Crippen LogP contribution in [-0.4, -0.2) is 51.0 Å². The lowest BCUT2D eigenvalue weighted by molar-refractivity contribution is -0.114. The van der Waals surface area contributed by atoms with Crippen molar-refractivity contribution in [3.05, 3.63) is 78.1 Å². The van der Waals surface area contributed by atoms with Gasteiger partial charge in [0, 0.05) is 26.2 Å². The van der Waals surface area contributed by atoms with Gasteiger partial charge in [-0.2, -0.15) is 0 Å². The average Bonchev–Trinajstić information content (AvgIpc) is 3.24. The number of rotatable bonds is 4. The van der Waals surface area contributed by atoms with Gasteiger partial charge in [-0.25, -0.2) is 14.6 Å². The largest absolute Gasteiger partial charge is 0.355 e. The van der Waals surface area contributed by atoms with Gasteiger partial charge in [-0.15, -0.1) is 5.10 Å². The van der Waals surface area contributed by atoms with Gasteiger partial charge >= 0.3 is 0 Å². The number of carbonyl (C=O) groups is 1. The summed E-state index contributed by atoms with van der Waals surface area (Å²) in [4.78, 5) is 26.1. The number of fused-ring (bicyclic) bond motifs is 2. The van der Waals surface area contributed by atoms with Gasteiger partial charge in [0.2, 0.25) is 0 Å². The molecule has 0 saturated carbocycles. The van der Waals surface area contributed by atoms with Crippen LogP contribution in [-0.2, 0) is 11.3 Å². The highest BCUT2D eigenvalue weighted by molar-refractivity contribution is 6.05. The van der Waals surface area contributed by atoms with E-state index in [1.807, 2.05) is 72.7 Å². The van der Waals surface area contributed by atoms with E-state index in [-0.39, 0.29) is 5.91 Å². The SMILES string of the molecule is CN1CCN(C(=O)/C=C/c2cn(Cc3ccccc3)nn2)c2nc3ccccc3nc21. The maximum Gasteiger partial charge on any atom is 0.252 e.